The van der Waals surface area contributed by atoms with Gasteiger partial charge in [-0.05, 0) is 17.7 Å². The third-order valence-corrected chi connectivity index (χ3v) is 4.90. The number of nitro groups is 1. The highest BCUT2D eigenvalue weighted by Crippen LogP contribution is 2.21. The molecule has 1 aliphatic rings. The van der Waals surface area contributed by atoms with Gasteiger partial charge in [-0.3, -0.25) is 19.9 Å². The van der Waals surface area contributed by atoms with Gasteiger partial charge in [-0.15, -0.1) is 0 Å². The highest BCUT2D eigenvalue weighted by molar-refractivity contribution is 5.79. The standard InChI is InChI=1S/C19H19FN4O3/c20-15-3-6-17-18(21-27-19(17)11-15)13-23-9-7-22(8-10-23)12-14-1-4-16(5-2-14)24(25)26/h1-6,11H,7-10,12-13H2. The number of nitrogens with zero attached hydrogens (tertiary/aromatic N) is 4. The van der Waals surface area contributed by atoms with Gasteiger partial charge < -0.3 is 4.52 Å². The summed E-state index contributed by atoms with van der Waals surface area (Å²) in [4.78, 5) is 15.0. The Bertz CT molecular complexity index is 949. The van der Waals surface area contributed by atoms with Crippen LogP contribution in [-0.2, 0) is 13.1 Å². The fraction of sp³-hybridized carbons (Fsp3) is 0.316. The molecule has 0 amide bonds. The molecule has 2 heterocycles. The number of nitro benzene ring substituents is 1. The third-order valence-electron chi connectivity index (χ3n) is 4.90. The van der Waals surface area contributed by atoms with Crippen LogP contribution in [0.5, 0.6) is 0 Å². The summed E-state index contributed by atoms with van der Waals surface area (Å²) in [7, 11) is 0. The van der Waals surface area contributed by atoms with E-state index in [2.05, 4.69) is 15.0 Å². The zero-order valence-electron chi connectivity index (χ0n) is 14.7. The van der Waals surface area contributed by atoms with E-state index in [4.69, 9.17) is 4.52 Å². The van der Waals surface area contributed by atoms with Gasteiger partial charge in [-0.2, -0.15) is 0 Å². The predicted octanol–water partition coefficient (Wildman–Crippen LogP) is 3.19. The zero-order chi connectivity index (χ0) is 18.8. The summed E-state index contributed by atoms with van der Waals surface area (Å²) in [5.74, 6) is -0.329. The number of piperazine rings is 1. The molecule has 0 radical (unpaired) electrons. The van der Waals surface area contributed by atoms with Gasteiger partial charge in [0, 0.05) is 62.9 Å². The highest BCUT2D eigenvalue weighted by atomic mass is 19.1. The number of fused-ring (bicyclic) bond motifs is 1. The minimum atomic E-state index is -0.384. The molecule has 0 saturated carbocycles. The van der Waals surface area contributed by atoms with E-state index >= 15 is 0 Å². The Hall–Kier alpha value is -2.84. The zero-order valence-corrected chi connectivity index (χ0v) is 14.7. The molecule has 1 saturated heterocycles. The highest BCUT2D eigenvalue weighted by Gasteiger charge is 2.20. The molecule has 27 heavy (non-hydrogen) atoms. The van der Waals surface area contributed by atoms with Crippen LogP contribution in [0.25, 0.3) is 11.0 Å². The SMILES string of the molecule is O=[N+]([O-])c1ccc(CN2CCN(Cc3noc4cc(F)ccc34)CC2)cc1. The minimum Gasteiger partial charge on any atom is -0.356 e. The lowest BCUT2D eigenvalue weighted by molar-refractivity contribution is -0.384. The van der Waals surface area contributed by atoms with E-state index in [0.29, 0.717) is 12.1 Å². The average Bonchev–Trinajstić information content (AvgIpc) is 3.05. The first kappa shape index (κ1) is 17.6. The summed E-state index contributed by atoms with van der Waals surface area (Å²) >= 11 is 0. The van der Waals surface area contributed by atoms with Crippen molar-refractivity contribution >= 4 is 16.7 Å². The molecule has 0 atom stereocenters. The van der Waals surface area contributed by atoms with Crippen molar-refractivity contribution in [3.8, 4) is 0 Å². The predicted molar refractivity (Wildman–Crippen MR) is 97.6 cm³/mol. The molecule has 1 fully saturated rings. The monoisotopic (exact) mass is 370 g/mol. The maximum Gasteiger partial charge on any atom is 0.269 e. The van der Waals surface area contributed by atoms with Crippen molar-refractivity contribution in [1.82, 2.24) is 15.0 Å². The second-order valence-electron chi connectivity index (χ2n) is 6.75. The number of halogens is 1. The normalized spacial score (nSPS) is 16.0. The molecule has 140 valence electrons. The molecular formula is C19H19FN4O3. The van der Waals surface area contributed by atoms with Gasteiger partial charge in [-0.1, -0.05) is 17.3 Å². The second kappa shape index (κ2) is 7.42. The van der Waals surface area contributed by atoms with Crippen LogP contribution in [0.3, 0.4) is 0 Å². The molecule has 3 aromatic rings. The number of aromatic nitrogens is 1. The van der Waals surface area contributed by atoms with Crippen molar-refractivity contribution in [1.29, 1.82) is 0 Å². The molecular weight excluding hydrogens is 351 g/mol. The fourth-order valence-corrected chi connectivity index (χ4v) is 3.38. The fourth-order valence-electron chi connectivity index (χ4n) is 3.38. The van der Waals surface area contributed by atoms with Crippen LogP contribution in [0.2, 0.25) is 0 Å². The van der Waals surface area contributed by atoms with Crippen molar-refractivity contribution < 1.29 is 13.8 Å². The Morgan fingerprint density at radius 3 is 2.37 bits per heavy atom. The maximum absolute atomic E-state index is 13.3. The lowest BCUT2D eigenvalue weighted by Crippen LogP contribution is -2.45. The molecule has 0 bridgehead atoms. The molecule has 1 aromatic heterocycles. The number of hydrogen-bond acceptors (Lipinski definition) is 6. The van der Waals surface area contributed by atoms with Crippen LogP contribution in [0.4, 0.5) is 10.1 Å². The van der Waals surface area contributed by atoms with Crippen molar-refractivity contribution in [2.45, 2.75) is 13.1 Å². The third kappa shape index (κ3) is 3.96. The Morgan fingerprint density at radius 1 is 1.04 bits per heavy atom. The summed E-state index contributed by atoms with van der Waals surface area (Å²) in [6.07, 6.45) is 0. The molecule has 0 aliphatic carbocycles. The largest absolute Gasteiger partial charge is 0.356 e. The molecule has 8 heteroatoms. The van der Waals surface area contributed by atoms with Crippen molar-refractivity contribution in [3.05, 3.63) is 69.7 Å². The smallest absolute Gasteiger partial charge is 0.269 e. The molecule has 0 N–H and O–H groups in total. The Balaban J connectivity index is 1.32. The Morgan fingerprint density at radius 2 is 1.70 bits per heavy atom. The van der Waals surface area contributed by atoms with Crippen molar-refractivity contribution in [2.24, 2.45) is 0 Å². The van der Waals surface area contributed by atoms with E-state index in [-0.39, 0.29) is 16.4 Å². The molecule has 1 aliphatic heterocycles. The van der Waals surface area contributed by atoms with Crippen LogP contribution in [-0.4, -0.2) is 46.1 Å². The number of benzene rings is 2. The topological polar surface area (TPSA) is 75.7 Å². The van der Waals surface area contributed by atoms with Gasteiger partial charge in [0.05, 0.1) is 4.92 Å². The summed E-state index contributed by atoms with van der Waals surface area (Å²) in [5.41, 5.74) is 2.48. The van der Waals surface area contributed by atoms with Gasteiger partial charge >= 0.3 is 0 Å². The maximum atomic E-state index is 13.3. The van der Waals surface area contributed by atoms with Crippen LogP contribution < -0.4 is 0 Å². The quantitative estimate of drug-likeness (QED) is 0.507. The average molecular weight is 370 g/mol. The van der Waals surface area contributed by atoms with Gasteiger partial charge in [0.2, 0.25) is 0 Å². The summed E-state index contributed by atoms with van der Waals surface area (Å²) < 4.78 is 18.5. The number of non-ortho nitro benzene ring substituents is 1. The summed E-state index contributed by atoms with van der Waals surface area (Å²) in [6, 6.07) is 11.2. The molecule has 0 spiro atoms. The lowest BCUT2D eigenvalue weighted by Gasteiger charge is -2.34. The van der Waals surface area contributed by atoms with Gasteiger partial charge in [0.15, 0.2) is 5.58 Å². The Labute approximate surface area is 155 Å². The molecule has 0 unspecified atom stereocenters. The van der Waals surface area contributed by atoms with Crippen LogP contribution >= 0.6 is 0 Å². The molecule has 4 rings (SSSR count). The van der Waals surface area contributed by atoms with Crippen LogP contribution in [0.1, 0.15) is 11.3 Å². The first-order valence-electron chi connectivity index (χ1n) is 8.80. The van der Waals surface area contributed by atoms with E-state index in [9.17, 15) is 14.5 Å². The van der Waals surface area contributed by atoms with E-state index in [1.165, 1.54) is 12.1 Å². The van der Waals surface area contributed by atoms with E-state index in [1.807, 2.05) is 12.1 Å². The minimum absolute atomic E-state index is 0.114. The second-order valence-corrected chi connectivity index (χ2v) is 6.75. The summed E-state index contributed by atoms with van der Waals surface area (Å²) in [5, 5.41) is 15.7. The van der Waals surface area contributed by atoms with Crippen molar-refractivity contribution in [3.63, 3.8) is 0 Å². The Kier molecular flexibility index (Phi) is 4.83. The lowest BCUT2D eigenvalue weighted by atomic mass is 10.1. The summed E-state index contributed by atoms with van der Waals surface area (Å²) in [6.45, 7) is 5.04. The van der Waals surface area contributed by atoms with Gasteiger partial charge in [-0.25, -0.2) is 4.39 Å². The number of rotatable bonds is 5. The number of hydrogen-bond donors (Lipinski definition) is 0. The van der Waals surface area contributed by atoms with Gasteiger partial charge in [0.25, 0.3) is 5.69 Å². The van der Waals surface area contributed by atoms with Crippen LogP contribution in [0.15, 0.2) is 47.0 Å². The van der Waals surface area contributed by atoms with E-state index in [1.54, 1.807) is 18.2 Å². The molecule has 2 aromatic carbocycles. The first-order valence-corrected chi connectivity index (χ1v) is 8.80. The van der Waals surface area contributed by atoms with E-state index in [0.717, 1.165) is 49.4 Å². The van der Waals surface area contributed by atoms with Gasteiger partial charge in [0.1, 0.15) is 11.5 Å². The van der Waals surface area contributed by atoms with Crippen LogP contribution in [0, 0.1) is 15.9 Å². The van der Waals surface area contributed by atoms with E-state index < -0.39 is 0 Å². The van der Waals surface area contributed by atoms with Crippen molar-refractivity contribution in [2.75, 3.05) is 26.2 Å². The first-order chi connectivity index (χ1) is 13.1. The molecule has 7 nitrogen and oxygen atoms in total.